The van der Waals surface area contributed by atoms with E-state index in [1.54, 1.807) is 0 Å². The molecular formula is C8F17N. The molecule has 0 aromatic heterocycles. The van der Waals surface area contributed by atoms with Gasteiger partial charge in [0.05, 0.1) is 0 Å². The molecule has 1 nitrogen and oxygen atoms in total. The first kappa shape index (κ1) is 22.8. The van der Waals surface area contributed by atoms with Crippen molar-refractivity contribution in [2.24, 2.45) is 0 Å². The van der Waals surface area contributed by atoms with Crippen LogP contribution >= 0.6 is 0 Å². The summed E-state index contributed by atoms with van der Waals surface area (Å²) in [5.74, 6) is -41.4. The van der Waals surface area contributed by atoms with Crippen LogP contribution in [0.1, 0.15) is 0 Å². The molecule has 1 saturated carbocycles. The number of hydrogen-bond donors (Lipinski definition) is 0. The minimum absolute atomic E-state index is 4.47. The van der Waals surface area contributed by atoms with Crippen LogP contribution in [0.15, 0.2) is 0 Å². The van der Waals surface area contributed by atoms with E-state index in [1.807, 2.05) is 0 Å². The molecule has 1 aliphatic rings. The first-order valence-electron chi connectivity index (χ1n) is 5.39. The van der Waals surface area contributed by atoms with Gasteiger partial charge in [-0.2, -0.15) is 61.5 Å². The molecule has 0 aromatic rings. The van der Waals surface area contributed by atoms with Gasteiger partial charge in [-0.05, 0) is 0 Å². The fourth-order valence-corrected chi connectivity index (χ4v) is 2.02. The summed E-state index contributed by atoms with van der Waals surface area (Å²) in [4.78, 5) is 0. The summed E-state index contributed by atoms with van der Waals surface area (Å²) in [7, 11) is 0. The van der Waals surface area contributed by atoms with E-state index < -0.39 is 52.8 Å². The van der Waals surface area contributed by atoms with Gasteiger partial charge in [0.1, 0.15) is 0 Å². The summed E-state index contributed by atoms with van der Waals surface area (Å²) in [5, 5.41) is -4.47. The summed E-state index contributed by atoms with van der Waals surface area (Å²) < 4.78 is 218. The molecule has 0 aliphatic heterocycles. The third-order valence-corrected chi connectivity index (χ3v) is 3.37. The zero-order chi connectivity index (χ0) is 21.6. The summed E-state index contributed by atoms with van der Waals surface area (Å²) in [6, 6.07) is 0. The second-order valence-electron chi connectivity index (χ2n) is 4.82. The van der Waals surface area contributed by atoms with E-state index >= 15 is 0 Å². The molecule has 0 spiro atoms. The minimum Gasteiger partial charge on any atom is -0.219 e. The highest BCUT2D eigenvalue weighted by molar-refractivity contribution is 5.30. The smallest absolute Gasteiger partial charge is 0.219 e. The van der Waals surface area contributed by atoms with E-state index in [2.05, 4.69) is 0 Å². The Labute approximate surface area is 129 Å². The fraction of sp³-hybridized carbons (Fsp3) is 1.00. The van der Waals surface area contributed by atoms with Crippen molar-refractivity contribution in [1.82, 2.24) is 5.12 Å². The van der Waals surface area contributed by atoms with Crippen LogP contribution < -0.4 is 0 Å². The summed E-state index contributed by atoms with van der Waals surface area (Å²) in [6.07, 6.45) is -15.4. The van der Waals surface area contributed by atoms with Crippen molar-refractivity contribution in [3.8, 4) is 0 Å². The standard InChI is InChI=1S/C8F17N/c9-1(7(19,20)21)2(10,11)4(14,15)6(18,26(25)8(22,23)24)5(16,17)3(1,12)13. The van der Waals surface area contributed by atoms with Crippen molar-refractivity contribution < 1.29 is 74.7 Å². The predicted octanol–water partition coefficient (Wildman–Crippen LogP) is 5.18. The van der Waals surface area contributed by atoms with Gasteiger partial charge in [-0.3, -0.25) is 0 Å². The molecule has 1 fully saturated rings. The Hall–Kier alpha value is -1.23. The maximum absolute atomic E-state index is 13.6. The van der Waals surface area contributed by atoms with Crippen LogP contribution in [0.5, 0.6) is 0 Å². The Morgan fingerprint density at radius 2 is 0.769 bits per heavy atom. The third kappa shape index (κ3) is 1.98. The summed E-state index contributed by atoms with van der Waals surface area (Å²) >= 11 is 0. The molecule has 0 bridgehead atoms. The lowest BCUT2D eigenvalue weighted by Crippen LogP contribution is -2.90. The van der Waals surface area contributed by atoms with Crippen LogP contribution in [0.3, 0.4) is 0 Å². The largest absolute Gasteiger partial charge is 0.490 e. The van der Waals surface area contributed by atoms with Gasteiger partial charge in [-0.1, -0.05) is 0 Å². The average Bonchev–Trinajstić information content (AvgIpc) is 2.39. The van der Waals surface area contributed by atoms with E-state index in [0.29, 0.717) is 0 Å². The van der Waals surface area contributed by atoms with Gasteiger partial charge in [0.25, 0.3) is 0 Å². The third-order valence-electron chi connectivity index (χ3n) is 3.37. The van der Waals surface area contributed by atoms with Gasteiger partial charge in [0, 0.05) is 5.12 Å². The molecule has 0 saturated heterocycles. The normalized spacial score (nSPS) is 36.2. The monoisotopic (exact) mass is 433 g/mol. The van der Waals surface area contributed by atoms with Crippen LogP contribution in [0.4, 0.5) is 74.7 Å². The van der Waals surface area contributed by atoms with Crippen LogP contribution in [0.25, 0.3) is 0 Å². The molecule has 156 valence electrons. The van der Waals surface area contributed by atoms with Crippen molar-refractivity contribution in [3.63, 3.8) is 0 Å². The number of rotatable bonds is 1. The van der Waals surface area contributed by atoms with Crippen molar-refractivity contribution in [2.45, 2.75) is 47.6 Å². The highest BCUT2D eigenvalue weighted by atomic mass is 19.4. The van der Waals surface area contributed by atoms with Crippen LogP contribution in [0.2, 0.25) is 0 Å². The van der Waals surface area contributed by atoms with Crippen molar-refractivity contribution in [3.05, 3.63) is 0 Å². The van der Waals surface area contributed by atoms with E-state index in [9.17, 15) is 74.7 Å². The lowest BCUT2D eigenvalue weighted by molar-refractivity contribution is -0.546. The molecule has 18 heteroatoms. The minimum atomic E-state index is -8.33. The Morgan fingerprint density at radius 3 is 0.962 bits per heavy atom. The first-order valence-corrected chi connectivity index (χ1v) is 5.39. The van der Waals surface area contributed by atoms with E-state index in [0.717, 1.165) is 0 Å². The van der Waals surface area contributed by atoms with Gasteiger partial charge in [0.15, 0.2) is 0 Å². The molecule has 0 amide bonds. The van der Waals surface area contributed by atoms with Crippen molar-refractivity contribution in [2.75, 3.05) is 0 Å². The molecule has 0 atom stereocenters. The predicted molar refractivity (Wildman–Crippen MR) is 42.5 cm³/mol. The van der Waals surface area contributed by atoms with Crippen LogP contribution in [0, 0.1) is 0 Å². The molecule has 0 radical (unpaired) electrons. The molecule has 0 heterocycles. The zero-order valence-electron chi connectivity index (χ0n) is 10.9. The Kier molecular flexibility index (Phi) is 4.36. The number of nitrogens with zero attached hydrogens (tertiary/aromatic N) is 1. The summed E-state index contributed by atoms with van der Waals surface area (Å²) in [5.41, 5.74) is -8.28. The second-order valence-corrected chi connectivity index (χ2v) is 4.82. The van der Waals surface area contributed by atoms with E-state index in [1.165, 1.54) is 0 Å². The molecule has 0 N–H and O–H groups in total. The van der Waals surface area contributed by atoms with Gasteiger partial charge in [-0.25, -0.2) is 8.78 Å². The molecule has 0 aromatic carbocycles. The van der Waals surface area contributed by atoms with E-state index in [4.69, 9.17) is 0 Å². The van der Waals surface area contributed by atoms with Gasteiger partial charge in [-0.15, -0.1) is 4.48 Å². The van der Waals surface area contributed by atoms with Crippen molar-refractivity contribution in [1.29, 1.82) is 0 Å². The van der Waals surface area contributed by atoms with Crippen LogP contribution in [-0.2, 0) is 0 Å². The lowest BCUT2D eigenvalue weighted by atomic mass is 9.69. The fourth-order valence-electron chi connectivity index (χ4n) is 2.02. The molecule has 26 heavy (non-hydrogen) atoms. The first-order chi connectivity index (χ1) is 10.9. The molecule has 0 unspecified atom stereocenters. The Bertz CT molecular complexity index is 540. The number of alkyl halides is 16. The maximum Gasteiger partial charge on any atom is 0.490 e. The SMILES string of the molecule is FN(C(F)(F)F)C1(F)C(F)(F)C(F)(F)C(F)(C(F)(F)F)C(F)(F)C1(F)F. The number of halogens is 17. The quantitative estimate of drug-likeness (QED) is 0.313. The maximum atomic E-state index is 13.6. The highest BCUT2D eigenvalue weighted by Gasteiger charge is 3.06. The van der Waals surface area contributed by atoms with Gasteiger partial charge in [0.2, 0.25) is 0 Å². The average molecular weight is 433 g/mol. The highest BCUT2D eigenvalue weighted by Crippen LogP contribution is 2.73. The summed E-state index contributed by atoms with van der Waals surface area (Å²) in [6.45, 7) is 0. The topological polar surface area (TPSA) is 3.24 Å². The lowest BCUT2D eigenvalue weighted by Gasteiger charge is -2.55. The van der Waals surface area contributed by atoms with Gasteiger partial charge < -0.3 is 0 Å². The van der Waals surface area contributed by atoms with Crippen LogP contribution in [-0.4, -0.2) is 52.8 Å². The Morgan fingerprint density at radius 1 is 0.500 bits per heavy atom. The molecule has 1 aliphatic carbocycles. The van der Waals surface area contributed by atoms with E-state index in [-0.39, 0.29) is 0 Å². The second kappa shape index (κ2) is 4.98. The Balaban J connectivity index is 4.08. The molecular weight excluding hydrogens is 433 g/mol. The van der Waals surface area contributed by atoms with Gasteiger partial charge >= 0.3 is 47.6 Å². The number of hydrogen-bond acceptors (Lipinski definition) is 1. The van der Waals surface area contributed by atoms with Crippen molar-refractivity contribution >= 4 is 0 Å². The molecule has 1 rings (SSSR count). The zero-order valence-corrected chi connectivity index (χ0v) is 10.9.